The van der Waals surface area contributed by atoms with Crippen LogP contribution in [-0.2, 0) is 11.2 Å². The molecule has 1 aromatic rings. The largest absolute Gasteiger partial charge is 0.383 e. The van der Waals surface area contributed by atoms with Gasteiger partial charge in [-0.2, -0.15) is 11.8 Å². The highest BCUT2D eigenvalue weighted by atomic mass is 32.2. The van der Waals surface area contributed by atoms with Crippen LogP contribution in [0.1, 0.15) is 28.1 Å². The summed E-state index contributed by atoms with van der Waals surface area (Å²) in [5.41, 5.74) is 0. The molecule has 4 nitrogen and oxygen atoms in total. The lowest BCUT2D eigenvalue weighted by molar-refractivity contribution is 0.199. The van der Waals surface area contributed by atoms with E-state index >= 15 is 0 Å². The van der Waals surface area contributed by atoms with Crippen LogP contribution in [0.15, 0.2) is 0 Å². The summed E-state index contributed by atoms with van der Waals surface area (Å²) < 4.78 is 4.98. The van der Waals surface area contributed by atoms with Crippen LogP contribution in [-0.4, -0.2) is 42.8 Å². The van der Waals surface area contributed by atoms with Gasteiger partial charge in [0.05, 0.1) is 11.9 Å². The number of nitrogens with one attached hydrogen (secondary N) is 1. The Morgan fingerprint density at radius 3 is 3.12 bits per heavy atom. The molecule has 1 aromatic heterocycles. The highest BCUT2D eigenvalue weighted by molar-refractivity contribution is 7.99. The monoisotopic (exact) mass is 273 g/mol. The molecule has 1 aliphatic heterocycles. The van der Waals surface area contributed by atoms with E-state index in [1.165, 1.54) is 23.6 Å². The van der Waals surface area contributed by atoms with Crippen molar-refractivity contribution < 1.29 is 4.74 Å². The molecule has 1 saturated heterocycles. The first-order valence-electron chi connectivity index (χ1n) is 6.03. The SMILES string of the molecule is COCCNCCc1nnc(C2CCCS2)s1. The van der Waals surface area contributed by atoms with Gasteiger partial charge in [-0.1, -0.05) is 0 Å². The van der Waals surface area contributed by atoms with Gasteiger partial charge in [-0.05, 0) is 18.6 Å². The molecule has 0 spiro atoms. The third kappa shape index (κ3) is 4.21. The normalized spacial score (nSPS) is 19.9. The number of hydrogen-bond donors (Lipinski definition) is 1. The Kier molecular flexibility index (Phi) is 5.70. The first-order chi connectivity index (χ1) is 8.40. The molecule has 1 N–H and O–H groups in total. The van der Waals surface area contributed by atoms with Crippen LogP contribution < -0.4 is 5.32 Å². The average Bonchev–Trinajstić information content (AvgIpc) is 2.99. The topological polar surface area (TPSA) is 47.0 Å². The molecule has 96 valence electrons. The summed E-state index contributed by atoms with van der Waals surface area (Å²) in [6.07, 6.45) is 3.56. The lowest BCUT2D eigenvalue weighted by atomic mass is 10.3. The summed E-state index contributed by atoms with van der Waals surface area (Å²) in [6.45, 7) is 2.62. The first-order valence-corrected chi connectivity index (χ1v) is 7.90. The third-order valence-corrected chi connectivity index (χ3v) is 5.32. The summed E-state index contributed by atoms with van der Waals surface area (Å²) in [6, 6.07) is 0. The zero-order chi connectivity index (χ0) is 11.9. The molecule has 0 aromatic carbocycles. The summed E-state index contributed by atoms with van der Waals surface area (Å²) in [5, 5.41) is 14.9. The molecule has 17 heavy (non-hydrogen) atoms. The second kappa shape index (κ2) is 7.31. The van der Waals surface area contributed by atoms with E-state index in [1.54, 1.807) is 18.4 Å². The zero-order valence-corrected chi connectivity index (χ0v) is 11.8. The Bertz CT molecular complexity index is 326. The fourth-order valence-corrected chi connectivity index (χ4v) is 4.11. The van der Waals surface area contributed by atoms with E-state index in [-0.39, 0.29) is 0 Å². The minimum absolute atomic E-state index is 0.614. The number of ether oxygens (including phenoxy) is 1. The quantitative estimate of drug-likeness (QED) is 0.769. The Hall–Kier alpha value is -0.170. The van der Waals surface area contributed by atoms with Crippen molar-refractivity contribution in [3.05, 3.63) is 10.0 Å². The van der Waals surface area contributed by atoms with Crippen molar-refractivity contribution in [1.82, 2.24) is 15.5 Å². The van der Waals surface area contributed by atoms with E-state index in [0.29, 0.717) is 5.25 Å². The highest BCUT2D eigenvalue weighted by Gasteiger charge is 2.21. The van der Waals surface area contributed by atoms with Crippen molar-refractivity contribution in [1.29, 1.82) is 0 Å². The van der Waals surface area contributed by atoms with Crippen molar-refractivity contribution in [2.45, 2.75) is 24.5 Å². The van der Waals surface area contributed by atoms with Gasteiger partial charge in [-0.3, -0.25) is 0 Å². The van der Waals surface area contributed by atoms with Crippen LogP contribution in [0.4, 0.5) is 0 Å². The number of thioether (sulfide) groups is 1. The van der Waals surface area contributed by atoms with Gasteiger partial charge in [0.1, 0.15) is 10.0 Å². The highest BCUT2D eigenvalue weighted by Crippen LogP contribution is 2.40. The van der Waals surface area contributed by atoms with Crippen LogP contribution in [0.3, 0.4) is 0 Å². The smallest absolute Gasteiger partial charge is 0.130 e. The van der Waals surface area contributed by atoms with Gasteiger partial charge in [0.15, 0.2) is 0 Å². The summed E-state index contributed by atoms with van der Waals surface area (Å²) in [5.74, 6) is 1.28. The van der Waals surface area contributed by atoms with Crippen molar-refractivity contribution >= 4 is 23.1 Å². The van der Waals surface area contributed by atoms with Gasteiger partial charge in [0, 0.05) is 26.6 Å². The molecule has 1 aliphatic rings. The Morgan fingerprint density at radius 1 is 1.41 bits per heavy atom. The Balaban J connectivity index is 1.70. The lowest BCUT2D eigenvalue weighted by Crippen LogP contribution is -2.21. The van der Waals surface area contributed by atoms with Gasteiger partial charge in [0.2, 0.25) is 0 Å². The van der Waals surface area contributed by atoms with Crippen molar-refractivity contribution in [3.63, 3.8) is 0 Å². The van der Waals surface area contributed by atoms with E-state index in [9.17, 15) is 0 Å². The number of aromatic nitrogens is 2. The summed E-state index contributed by atoms with van der Waals surface area (Å²) in [7, 11) is 1.72. The standard InChI is InChI=1S/C11H19N3OS2/c1-15-7-6-12-5-4-10-13-14-11(17-10)9-3-2-8-16-9/h9,12H,2-8H2,1H3. The lowest BCUT2D eigenvalue weighted by Gasteiger charge is -2.01. The van der Waals surface area contributed by atoms with E-state index in [2.05, 4.69) is 15.5 Å². The van der Waals surface area contributed by atoms with Crippen LogP contribution >= 0.6 is 23.1 Å². The van der Waals surface area contributed by atoms with Crippen molar-refractivity contribution in [2.75, 3.05) is 32.6 Å². The van der Waals surface area contributed by atoms with Crippen molar-refractivity contribution in [2.24, 2.45) is 0 Å². The van der Waals surface area contributed by atoms with Crippen LogP contribution in [0, 0.1) is 0 Å². The van der Waals surface area contributed by atoms with Gasteiger partial charge < -0.3 is 10.1 Å². The second-order valence-corrected chi connectivity index (χ2v) is 6.43. The predicted octanol–water partition coefficient (Wildman–Crippen LogP) is 1.88. The number of nitrogens with zero attached hydrogens (tertiary/aromatic N) is 2. The first kappa shape index (κ1) is 13.3. The maximum atomic E-state index is 4.98. The van der Waals surface area contributed by atoms with Crippen LogP contribution in [0.2, 0.25) is 0 Å². The van der Waals surface area contributed by atoms with E-state index < -0.39 is 0 Å². The molecule has 0 bridgehead atoms. The van der Waals surface area contributed by atoms with E-state index in [0.717, 1.165) is 31.1 Å². The van der Waals surface area contributed by atoms with E-state index in [4.69, 9.17) is 4.74 Å². The van der Waals surface area contributed by atoms with Crippen LogP contribution in [0.5, 0.6) is 0 Å². The minimum atomic E-state index is 0.614. The van der Waals surface area contributed by atoms with Gasteiger partial charge in [-0.25, -0.2) is 0 Å². The average molecular weight is 273 g/mol. The molecule has 1 unspecified atom stereocenters. The summed E-state index contributed by atoms with van der Waals surface area (Å²) in [4.78, 5) is 0. The minimum Gasteiger partial charge on any atom is -0.383 e. The molecule has 0 amide bonds. The van der Waals surface area contributed by atoms with Gasteiger partial charge in [-0.15, -0.1) is 21.5 Å². The number of rotatable bonds is 7. The van der Waals surface area contributed by atoms with Gasteiger partial charge >= 0.3 is 0 Å². The second-order valence-electron chi connectivity index (χ2n) is 4.03. The predicted molar refractivity (Wildman–Crippen MR) is 72.8 cm³/mol. The molecule has 0 radical (unpaired) electrons. The molecule has 1 fully saturated rings. The fourth-order valence-electron chi connectivity index (χ4n) is 1.76. The van der Waals surface area contributed by atoms with Gasteiger partial charge in [0.25, 0.3) is 0 Å². The third-order valence-electron chi connectivity index (χ3n) is 2.69. The van der Waals surface area contributed by atoms with E-state index in [1.807, 2.05) is 11.8 Å². The Morgan fingerprint density at radius 2 is 2.35 bits per heavy atom. The number of hydrogen-bond acceptors (Lipinski definition) is 6. The molecule has 0 aliphatic carbocycles. The Labute approximate surface area is 111 Å². The molecule has 2 heterocycles. The molecular formula is C11H19N3OS2. The molecular weight excluding hydrogens is 254 g/mol. The fraction of sp³-hybridized carbons (Fsp3) is 0.818. The zero-order valence-electron chi connectivity index (χ0n) is 10.1. The molecule has 1 atom stereocenters. The molecule has 6 heteroatoms. The van der Waals surface area contributed by atoms with Crippen molar-refractivity contribution in [3.8, 4) is 0 Å². The summed E-state index contributed by atoms with van der Waals surface area (Å²) >= 11 is 3.80. The van der Waals surface area contributed by atoms with Crippen LogP contribution in [0.25, 0.3) is 0 Å². The maximum Gasteiger partial charge on any atom is 0.130 e. The number of methoxy groups -OCH3 is 1. The molecule has 2 rings (SSSR count). The maximum absolute atomic E-state index is 4.98. The molecule has 0 saturated carbocycles.